The number of ether oxygens (including phenoxy) is 1. The van der Waals surface area contributed by atoms with Crippen molar-refractivity contribution < 1.29 is 19.5 Å². The summed E-state index contributed by atoms with van der Waals surface area (Å²) in [5.41, 5.74) is 12.0. The maximum absolute atomic E-state index is 11.5. The topological polar surface area (TPSA) is 146 Å². The number of hydrogen-bond acceptors (Lipinski definition) is 6. The summed E-state index contributed by atoms with van der Waals surface area (Å²) in [4.78, 5) is 20.8. The Kier molecular flexibility index (Phi) is 5.17. The highest BCUT2D eigenvalue weighted by atomic mass is 16.7. The molecule has 1 aliphatic carbocycles. The highest BCUT2D eigenvalue weighted by Gasteiger charge is 2.46. The second-order valence-corrected chi connectivity index (χ2v) is 7.24. The molecule has 0 amide bonds. The van der Waals surface area contributed by atoms with Gasteiger partial charge >= 0.3 is 5.97 Å². The average Bonchev–Trinajstić information content (AvgIpc) is 2.62. The van der Waals surface area contributed by atoms with Crippen LogP contribution in [0.4, 0.5) is 0 Å². The van der Waals surface area contributed by atoms with Crippen molar-refractivity contribution >= 4 is 11.8 Å². The Balaban J connectivity index is 1.73. The number of rotatable bonds is 6. The first-order chi connectivity index (χ1) is 12.4. The minimum atomic E-state index is -1.60. The number of hydrogen-bond donors (Lipinski definition) is 4. The van der Waals surface area contributed by atoms with Gasteiger partial charge in [-0.3, -0.25) is 9.83 Å². The van der Waals surface area contributed by atoms with Crippen molar-refractivity contribution in [1.29, 1.82) is 0 Å². The van der Waals surface area contributed by atoms with Crippen LogP contribution >= 0.6 is 0 Å². The molecule has 0 unspecified atom stereocenters. The van der Waals surface area contributed by atoms with Crippen LogP contribution < -0.4 is 22.1 Å². The summed E-state index contributed by atoms with van der Waals surface area (Å²) in [6.45, 7) is 2.11. The van der Waals surface area contributed by atoms with Crippen molar-refractivity contribution in [3.05, 3.63) is 29.3 Å². The fraction of sp³-hybridized carbons (Fsp3) is 0.556. The number of carbonyl (C=O) groups is 1. The molecule has 1 aromatic carbocycles. The molecule has 1 aliphatic heterocycles. The normalized spacial score (nSPS) is 27.7. The zero-order valence-corrected chi connectivity index (χ0v) is 14.9. The summed E-state index contributed by atoms with van der Waals surface area (Å²) in [5.74, 6) is 5.74. The Bertz CT molecular complexity index is 717. The number of benzene rings is 1. The SMILES string of the molecule is C[C@@](ON)(C(=O)O)[C@H]1CCc2cc(C(N)=NC3CC(CN)C3)ccc2O1. The summed E-state index contributed by atoms with van der Waals surface area (Å²) >= 11 is 0. The van der Waals surface area contributed by atoms with Gasteiger partial charge in [0.15, 0.2) is 0 Å². The number of amidine groups is 1. The fourth-order valence-electron chi connectivity index (χ4n) is 3.47. The zero-order valence-electron chi connectivity index (χ0n) is 14.9. The Morgan fingerprint density at radius 2 is 2.19 bits per heavy atom. The van der Waals surface area contributed by atoms with E-state index in [2.05, 4.69) is 4.99 Å². The Labute approximate surface area is 152 Å². The number of carboxylic acids is 1. The first-order valence-corrected chi connectivity index (χ1v) is 8.82. The van der Waals surface area contributed by atoms with Gasteiger partial charge in [0.05, 0.1) is 6.04 Å². The van der Waals surface area contributed by atoms with E-state index in [4.69, 9.17) is 26.9 Å². The summed E-state index contributed by atoms with van der Waals surface area (Å²) in [7, 11) is 0. The fourth-order valence-corrected chi connectivity index (χ4v) is 3.47. The van der Waals surface area contributed by atoms with Crippen molar-refractivity contribution in [3.63, 3.8) is 0 Å². The van der Waals surface area contributed by atoms with Crippen molar-refractivity contribution in [2.45, 2.75) is 50.4 Å². The lowest BCUT2D eigenvalue weighted by atomic mass is 9.81. The van der Waals surface area contributed by atoms with Crippen molar-refractivity contribution in [3.8, 4) is 5.75 Å². The smallest absolute Gasteiger partial charge is 0.341 e. The minimum absolute atomic E-state index is 0.248. The van der Waals surface area contributed by atoms with Gasteiger partial charge in [0, 0.05) is 5.56 Å². The van der Waals surface area contributed by atoms with Crippen molar-refractivity contribution in [2.24, 2.45) is 28.3 Å². The van der Waals surface area contributed by atoms with Gasteiger partial charge in [0.1, 0.15) is 17.7 Å². The van der Waals surface area contributed by atoms with Gasteiger partial charge in [0.25, 0.3) is 0 Å². The number of nitrogens with two attached hydrogens (primary N) is 3. The van der Waals surface area contributed by atoms with E-state index in [0.717, 1.165) is 24.0 Å². The molecule has 2 atom stereocenters. The average molecular weight is 362 g/mol. The van der Waals surface area contributed by atoms with Crippen LogP contribution in [0.25, 0.3) is 0 Å². The molecule has 1 fully saturated rings. The molecule has 0 radical (unpaired) electrons. The Morgan fingerprint density at radius 3 is 2.81 bits per heavy atom. The first-order valence-electron chi connectivity index (χ1n) is 8.82. The summed E-state index contributed by atoms with van der Waals surface area (Å²) in [6, 6.07) is 5.82. The van der Waals surface area contributed by atoms with Crippen LogP contribution in [0, 0.1) is 5.92 Å². The number of aryl methyl sites for hydroxylation is 1. The second kappa shape index (κ2) is 7.22. The molecular formula is C18H26N4O4. The molecule has 1 saturated carbocycles. The first kappa shape index (κ1) is 18.6. The highest BCUT2D eigenvalue weighted by molar-refractivity contribution is 5.98. The molecule has 2 aliphatic rings. The molecule has 0 saturated heterocycles. The van der Waals surface area contributed by atoms with Gasteiger partial charge in [-0.25, -0.2) is 10.7 Å². The van der Waals surface area contributed by atoms with E-state index in [1.54, 1.807) is 6.07 Å². The molecule has 0 spiro atoms. The lowest BCUT2D eigenvalue weighted by Gasteiger charge is -2.35. The summed E-state index contributed by atoms with van der Waals surface area (Å²) < 4.78 is 5.85. The molecule has 0 aromatic heterocycles. The van der Waals surface area contributed by atoms with Gasteiger partial charge in [-0.2, -0.15) is 0 Å². The van der Waals surface area contributed by atoms with Gasteiger partial charge in [-0.1, -0.05) is 0 Å². The lowest BCUT2D eigenvalue weighted by molar-refractivity contribution is -0.179. The van der Waals surface area contributed by atoms with Crippen molar-refractivity contribution in [2.75, 3.05) is 6.54 Å². The van der Waals surface area contributed by atoms with Crippen LogP contribution in [-0.4, -0.2) is 41.2 Å². The molecule has 1 aromatic rings. The number of fused-ring (bicyclic) bond motifs is 1. The molecule has 0 bridgehead atoms. The quantitative estimate of drug-likeness (QED) is 0.328. The van der Waals surface area contributed by atoms with E-state index >= 15 is 0 Å². The minimum Gasteiger partial charge on any atom is -0.486 e. The summed E-state index contributed by atoms with van der Waals surface area (Å²) in [6.07, 6.45) is 2.43. The van der Waals surface area contributed by atoms with Gasteiger partial charge < -0.3 is 21.3 Å². The van der Waals surface area contributed by atoms with E-state index in [1.807, 2.05) is 12.1 Å². The van der Waals surface area contributed by atoms with E-state index in [9.17, 15) is 9.90 Å². The molecule has 26 heavy (non-hydrogen) atoms. The van der Waals surface area contributed by atoms with E-state index < -0.39 is 17.7 Å². The third-order valence-corrected chi connectivity index (χ3v) is 5.45. The van der Waals surface area contributed by atoms with Crippen LogP contribution in [0.15, 0.2) is 23.2 Å². The van der Waals surface area contributed by atoms with Crippen LogP contribution in [0.1, 0.15) is 37.3 Å². The predicted molar refractivity (Wildman–Crippen MR) is 96.8 cm³/mol. The third kappa shape index (κ3) is 3.40. The second-order valence-electron chi connectivity index (χ2n) is 7.24. The van der Waals surface area contributed by atoms with E-state index in [0.29, 0.717) is 36.9 Å². The zero-order chi connectivity index (χ0) is 18.9. The maximum Gasteiger partial charge on any atom is 0.341 e. The number of aliphatic imine (C=N–C) groups is 1. The maximum atomic E-state index is 11.5. The van der Waals surface area contributed by atoms with Crippen LogP contribution in [0.3, 0.4) is 0 Å². The highest BCUT2D eigenvalue weighted by Crippen LogP contribution is 2.34. The van der Waals surface area contributed by atoms with Crippen LogP contribution in [0.2, 0.25) is 0 Å². The lowest BCUT2D eigenvalue weighted by Crippen LogP contribution is -2.54. The molecule has 1 heterocycles. The van der Waals surface area contributed by atoms with Crippen LogP contribution in [-0.2, 0) is 16.1 Å². The van der Waals surface area contributed by atoms with Crippen molar-refractivity contribution in [1.82, 2.24) is 0 Å². The summed E-state index contributed by atoms with van der Waals surface area (Å²) in [5, 5.41) is 9.37. The molecular weight excluding hydrogens is 336 g/mol. The van der Waals surface area contributed by atoms with Gasteiger partial charge in [0.2, 0.25) is 5.60 Å². The third-order valence-electron chi connectivity index (χ3n) is 5.45. The van der Waals surface area contributed by atoms with E-state index in [1.165, 1.54) is 6.92 Å². The number of carboxylic acid groups (broad SMARTS) is 1. The molecule has 7 N–H and O–H groups in total. The Morgan fingerprint density at radius 1 is 1.46 bits per heavy atom. The monoisotopic (exact) mass is 362 g/mol. The molecule has 8 heteroatoms. The van der Waals surface area contributed by atoms with E-state index in [-0.39, 0.29) is 6.04 Å². The molecule has 142 valence electrons. The Hall–Kier alpha value is -2.16. The van der Waals surface area contributed by atoms with Gasteiger partial charge in [-0.05, 0) is 68.8 Å². The molecule has 8 nitrogen and oxygen atoms in total. The number of aliphatic carboxylic acids is 1. The largest absolute Gasteiger partial charge is 0.486 e. The van der Waals surface area contributed by atoms with Gasteiger partial charge in [-0.15, -0.1) is 0 Å². The van der Waals surface area contributed by atoms with Crippen LogP contribution in [0.5, 0.6) is 5.75 Å². The molecule has 3 rings (SSSR count). The predicted octanol–water partition coefficient (Wildman–Crippen LogP) is 0.556. The number of nitrogens with zero attached hydrogens (tertiary/aromatic N) is 1. The standard InChI is InChI=1S/C18H26N4O4/c1-18(26-21,17(23)24)15-5-3-11-8-12(2-4-14(11)25-15)16(20)22-13-6-10(7-13)9-19/h2,4,8,10,13,15H,3,5-7,9,19,21H2,1H3,(H2,20,22)(H,23,24)/t10?,13?,15-,18+/m1/s1.